The number of nitrogen functional groups attached to an aromatic ring is 1. The van der Waals surface area contributed by atoms with Gasteiger partial charge < -0.3 is 5.73 Å². The Morgan fingerprint density at radius 1 is 1.26 bits per heavy atom. The number of benzene rings is 1. The number of rotatable bonds is 2. The van der Waals surface area contributed by atoms with Gasteiger partial charge in [0.15, 0.2) is 0 Å². The first kappa shape index (κ1) is 12.2. The molecule has 1 saturated carbocycles. The first-order valence-corrected chi connectivity index (χ1v) is 7.37. The van der Waals surface area contributed by atoms with Crippen molar-refractivity contribution in [3.63, 3.8) is 0 Å². The van der Waals surface area contributed by atoms with Crippen LogP contribution in [0.2, 0.25) is 0 Å². The van der Waals surface area contributed by atoms with Crippen LogP contribution in [0, 0.1) is 11.3 Å². The van der Waals surface area contributed by atoms with E-state index < -0.39 is 0 Å². The van der Waals surface area contributed by atoms with Gasteiger partial charge in [-0.2, -0.15) is 5.26 Å². The van der Waals surface area contributed by atoms with Crippen LogP contribution >= 0.6 is 11.3 Å². The van der Waals surface area contributed by atoms with Gasteiger partial charge in [-0.25, -0.2) is 4.98 Å². The van der Waals surface area contributed by atoms with Gasteiger partial charge >= 0.3 is 0 Å². The van der Waals surface area contributed by atoms with Crippen LogP contribution in [-0.4, -0.2) is 4.98 Å². The van der Waals surface area contributed by atoms with E-state index in [-0.39, 0.29) is 0 Å². The van der Waals surface area contributed by atoms with Crippen molar-refractivity contribution in [2.24, 2.45) is 0 Å². The molecule has 4 heteroatoms. The highest BCUT2D eigenvalue weighted by atomic mass is 32.1. The fourth-order valence-electron chi connectivity index (χ4n) is 2.68. The molecule has 1 aromatic heterocycles. The van der Waals surface area contributed by atoms with E-state index in [1.165, 1.54) is 25.7 Å². The van der Waals surface area contributed by atoms with Crippen molar-refractivity contribution in [2.75, 3.05) is 5.73 Å². The van der Waals surface area contributed by atoms with Crippen LogP contribution in [0.15, 0.2) is 24.3 Å². The molecule has 1 heterocycles. The van der Waals surface area contributed by atoms with E-state index in [1.54, 1.807) is 11.3 Å². The summed E-state index contributed by atoms with van der Waals surface area (Å²) in [5.74, 6) is 0.565. The normalized spacial score (nSPS) is 15.5. The molecule has 3 rings (SSSR count). The first-order chi connectivity index (χ1) is 9.29. The monoisotopic (exact) mass is 269 g/mol. The van der Waals surface area contributed by atoms with Crippen LogP contribution in [0.1, 0.15) is 42.2 Å². The van der Waals surface area contributed by atoms with Gasteiger partial charge in [-0.15, -0.1) is 11.3 Å². The standard InChI is InChI=1S/C15H15N3S/c16-9-11-7-3-4-8-12(11)13-14(17)19-15(18-13)10-5-1-2-6-10/h3-4,7-8,10H,1-2,5-6,17H2. The molecule has 1 aromatic carbocycles. The van der Waals surface area contributed by atoms with Crippen molar-refractivity contribution in [3.8, 4) is 17.3 Å². The number of hydrogen-bond donors (Lipinski definition) is 1. The average Bonchev–Trinajstić information content (AvgIpc) is 3.07. The van der Waals surface area contributed by atoms with E-state index in [4.69, 9.17) is 10.7 Å². The minimum Gasteiger partial charge on any atom is -0.389 e. The maximum absolute atomic E-state index is 9.17. The van der Waals surface area contributed by atoms with E-state index in [1.807, 2.05) is 24.3 Å². The molecule has 0 atom stereocenters. The number of nitrogens with zero attached hydrogens (tertiary/aromatic N) is 2. The number of aromatic nitrogens is 1. The smallest absolute Gasteiger partial charge is 0.114 e. The Hall–Kier alpha value is -1.86. The van der Waals surface area contributed by atoms with Gasteiger partial charge in [-0.3, -0.25) is 0 Å². The van der Waals surface area contributed by atoms with E-state index >= 15 is 0 Å². The number of nitriles is 1. The third-order valence-electron chi connectivity index (χ3n) is 3.68. The third-order valence-corrected chi connectivity index (χ3v) is 4.72. The Labute approximate surface area is 116 Å². The highest BCUT2D eigenvalue weighted by molar-refractivity contribution is 7.16. The summed E-state index contributed by atoms with van der Waals surface area (Å²) in [6.07, 6.45) is 5.00. The maximum atomic E-state index is 9.17. The number of nitrogens with two attached hydrogens (primary N) is 1. The minimum atomic E-state index is 0.565. The third kappa shape index (κ3) is 2.22. The van der Waals surface area contributed by atoms with Crippen LogP contribution < -0.4 is 5.73 Å². The Morgan fingerprint density at radius 2 is 2.00 bits per heavy atom. The van der Waals surface area contributed by atoms with Crippen LogP contribution in [0.25, 0.3) is 11.3 Å². The Bertz CT molecular complexity index is 633. The highest BCUT2D eigenvalue weighted by Gasteiger charge is 2.23. The molecular weight excluding hydrogens is 254 g/mol. The van der Waals surface area contributed by atoms with E-state index in [0.717, 1.165) is 21.3 Å². The molecule has 0 bridgehead atoms. The second kappa shape index (κ2) is 5.02. The van der Waals surface area contributed by atoms with Crippen LogP contribution in [0.3, 0.4) is 0 Å². The van der Waals surface area contributed by atoms with Gasteiger partial charge in [0, 0.05) is 11.5 Å². The molecule has 1 aliphatic carbocycles. The lowest BCUT2D eigenvalue weighted by molar-refractivity contribution is 0.717. The summed E-state index contributed by atoms with van der Waals surface area (Å²) in [5, 5.41) is 11.0. The number of thiazole rings is 1. The van der Waals surface area contributed by atoms with Crippen molar-refractivity contribution in [3.05, 3.63) is 34.8 Å². The summed E-state index contributed by atoms with van der Waals surface area (Å²) in [4.78, 5) is 4.71. The predicted octanol–water partition coefficient (Wildman–Crippen LogP) is 3.92. The molecule has 1 fully saturated rings. The number of hydrogen-bond acceptors (Lipinski definition) is 4. The van der Waals surface area contributed by atoms with Crippen molar-refractivity contribution in [1.29, 1.82) is 5.26 Å². The predicted molar refractivity (Wildman–Crippen MR) is 77.9 cm³/mol. The van der Waals surface area contributed by atoms with E-state index in [9.17, 15) is 5.26 Å². The molecule has 0 spiro atoms. The molecule has 2 aromatic rings. The van der Waals surface area contributed by atoms with Crippen molar-refractivity contribution in [2.45, 2.75) is 31.6 Å². The second-order valence-electron chi connectivity index (χ2n) is 4.90. The summed E-state index contributed by atoms with van der Waals surface area (Å²) in [6, 6.07) is 9.72. The Kier molecular flexibility index (Phi) is 3.22. The quantitative estimate of drug-likeness (QED) is 0.898. The summed E-state index contributed by atoms with van der Waals surface area (Å²) >= 11 is 1.58. The van der Waals surface area contributed by atoms with Gasteiger partial charge in [0.05, 0.1) is 16.6 Å². The molecule has 96 valence electrons. The molecule has 1 aliphatic rings. The fourth-order valence-corrected chi connectivity index (χ4v) is 3.69. The maximum Gasteiger partial charge on any atom is 0.114 e. The molecule has 0 saturated heterocycles. The SMILES string of the molecule is N#Cc1ccccc1-c1nc(C2CCCC2)sc1N. The van der Waals surface area contributed by atoms with Crippen molar-refractivity contribution in [1.82, 2.24) is 4.98 Å². The van der Waals surface area contributed by atoms with Crippen LogP contribution in [-0.2, 0) is 0 Å². The molecule has 0 unspecified atom stereocenters. The average molecular weight is 269 g/mol. The highest BCUT2D eigenvalue weighted by Crippen LogP contribution is 2.41. The lowest BCUT2D eigenvalue weighted by Crippen LogP contribution is -1.92. The van der Waals surface area contributed by atoms with Crippen LogP contribution in [0.4, 0.5) is 5.00 Å². The van der Waals surface area contributed by atoms with Gasteiger partial charge in [-0.05, 0) is 18.9 Å². The Balaban J connectivity index is 2.03. The van der Waals surface area contributed by atoms with Gasteiger partial charge in [0.2, 0.25) is 0 Å². The second-order valence-corrected chi connectivity index (χ2v) is 5.97. The van der Waals surface area contributed by atoms with E-state index in [0.29, 0.717) is 11.5 Å². The molecular formula is C15H15N3S. The molecule has 0 aliphatic heterocycles. The van der Waals surface area contributed by atoms with Gasteiger partial charge in [-0.1, -0.05) is 31.0 Å². The summed E-state index contributed by atoms with van der Waals surface area (Å²) < 4.78 is 0. The van der Waals surface area contributed by atoms with Crippen molar-refractivity contribution < 1.29 is 0 Å². The summed E-state index contributed by atoms with van der Waals surface area (Å²) in [5.41, 5.74) is 8.38. The first-order valence-electron chi connectivity index (χ1n) is 6.55. The fraction of sp³-hybridized carbons (Fsp3) is 0.333. The zero-order valence-corrected chi connectivity index (χ0v) is 11.4. The van der Waals surface area contributed by atoms with Gasteiger partial charge in [0.1, 0.15) is 10.7 Å². The van der Waals surface area contributed by atoms with E-state index in [2.05, 4.69) is 6.07 Å². The lowest BCUT2D eigenvalue weighted by Gasteiger charge is -2.03. The number of anilines is 1. The molecule has 0 radical (unpaired) electrons. The topological polar surface area (TPSA) is 62.7 Å². The molecule has 19 heavy (non-hydrogen) atoms. The zero-order chi connectivity index (χ0) is 13.2. The van der Waals surface area contributed by atoms with Crippen LogP contribution in [0.5, 0.6) is 0 Å². The molecule has 0 amide bonds. The van der Waals surface area contributed by atoms with Gasteiger partial charge in [0.25, 0.3) is 0 Å². The Morgan fingerprint density at radius 3 is 2.74 bits per heavy atom. The largest absolute Gasteiger partial charge is 0.389 e. The summed E-state index contributed by atoms with van der Waals surface area (Å²) in [7, 11) is 0. The zero-order valence-electron chi connectivity index (χ0n) is 10.6. The molecule has 2 N–H and O–H groups in total. The lowest BCUT2D eigenvalue weighted by atomic mass is 10.1. The molecule has 3 nitrogen and oxygen atoms in total. The minimum absolute atomic E-state index is 0.565. The van der Waals surface area contributed by atoms with Crippen molar-refractivity contribution >= 4 is 16.3 Å². The summed E-state index contributed by atoms with van der Waals surface area (Å²) in [6.45, 7) is 0.